The monoisotopic (exact) mass is 246 g/mol. The summed E-state index contributed by atoms with van der Waals surface area (Å²) in [6, 6.07) is 0.897. The molecule has 0 saturated carbocycles. The van der Waals surface area contributed by atoms with Crippen molar-refractivity contribution in [1.29, 1.82) is 0 Å². The molecule has 0 bridgehead atoms. The summed E-state index contributed by atoms with van der Waals surface area (Å²) < 4.78 is 37.0. The number of thiol groups is 1. The van der Waals surface area contributed by atoms with E-state index in [-0.39, 0.29) is 11.4 Å². The van der Waals surface area contributed by atoms with E-state index in [1.807, 2.05) is 0 Å². The van der Waals surface area contributed by atoms with Crippen LogP contribution in [0.25, 0.3) is 0 Å². The Morgan fingerprint density at radius 2 is 2.12 bits per heavy atom. The predicted molar refractivity (Wildman–Crippen MR) is 59.0 cm³/mol. The third-order valence-electron chi connectivity index (χ3n) is 1.71. The third-order valence-corrected chi connectivity index (χ3v) is 1.93. The highest BCUT2D eigenvalue weighted by molar-refractivity contribution is 7.80. The van der Waals surface area contributed by atoms with Crippen LogP contribution in [0, 0.1) is 11.8 Å². The smallest absolute Gasteiger partial charge is 0.383 e. The van der Waals surface area contributed by atoms with Gasteiger partial charge in [0.1, 0.15) is 5.82 Å². The average molecular weight is 246 g/mol. The van der Waals surface area contributed by atoms with Crippen molar-refractivity contribution in [1.82, 2.24) is 4.98 Å². The van der Waals surface area contributed by atoms with E-state index >= 15 is 0 Å². The van der Waals surface area contributed by atoms with Crippen molar-refractivity contribution in [3.8, 4) is 11.8 Å². The van der Waals surface area contributed by atoms with Crippen LogP contribution in [0.4, 0.5) is 19.0 Å². The number of alkyl halides is 3. The van der Waals surface area contributed by atoms with Gasteiger partial charge in [0.25, 0.3) is 0 Å². The molecule has 0 amide bonds. The van der Waals surface area contributed by atoms with Gasteiger partial charge in [0.15, 0.2) is 0 Å². The Morgan fingerprint density at radius 1 is 1.44 bits per heavy atom. The van der Waals surface area contributed by atoms with Gasteiger partial charge in [-0.3, -0.25) is 0 Å². The minimum atomic E-state index is -4.43. The predicted octanol–water partition coefficient (Wildman–Crippen LogP) is 2.35. The quantitative estimate of drug-likeness (QED) is 0.589. The Labute approximate surface area is 96.5 Å². The van der Waals surface area contributed by atoms with Crippen LogP contribution in [0.5, 0.6) is 0 Å². The Bertz CT molecular complexity index is 432. The molecule has 2 nitrogen and oxygen atoms in total. The van der Waals surface area contributed by atoms with Crippen molar-refractivity contribution in [2.75, 3.05) is 11.5 Å². The summed E-state index contributed by atoms with van der Waals surface area (Å²) in [7, 11) is 0. The molecule has 0 saturated heterocycles. The SMILES string of the molecule is Nc1ncc(C(F)(F)F)cc1C#CCCS. The molecule has 1 aromatic rings. The first-order chi connectivity index (χ1) is 7.45. The number of hydrogen-bond donors (Lipinski definition) is 2. The van der Waals surface area contributed by atoms with Gasteiger partial charge in [-0.1, -0.05) is 11.8 Å². The summed E-state index contributed by atoms with van der Waals surface area (Å²) >= 11 is 3.93. The molecule has 0 unspecified atom stereocenters. The number of nitrogen functional groups attached to an aromatic ring is 1. The third kappa shape index (κ3) is 3.35. The number of hydrogen-bond acceptors (Lipinski definition) is 3. The molecule has 0 radical (unpaired) electrons. The maximum Gasteiger partial charge on any atom is 0.417 e. The van der Waals surface area contributed by atoms with Crippen LogP contribution >= 0.6 is 12.6 Å². The number of nitrogens with two attached hydrogens (primary N) is 1. The van der Waals surface area contributed by atoms with E-state index in [4.69, 9.17) is 5.73 Å². The van der Waals surface area contributed by atoms with Crippen LogP contribution in [0.15, 0.2) is 12.3 Å². The lowest BCUT2D eigenvalue weighted by atomic mass is 10.2. The van der Waals surface area contributed by atoms with Gasteiger partial charge < -0.3 is 5.73 Å². The maximum absolute atomic E-state index is 12.3. The minimum absolute atomic E-state index is 0.000311. The highest BCUT2D eigenvalue weighted by atomic mass is 32.1. The zero-order valence-electron chi connectivity index (χ0n) is 8.17. The number of halogens is 3. The van der Waals surface area contributed by atoms with Crippen molar-refractivity contribution in [2.24, 2.45) is 0 Å². The Balaban J connectivity index is 3.06. The fourth-order valence-corrected chi connectivity index (χ4v) is 1.06. The second-order valence-corrected chi connectivity index (χ2v) is 3.38. The number of aromatic nitrogens is 1. The number of rotatable bonds is 1. The molecule has 6 heteroatoms. The zero-order valence-corrected chi connectivity index (χ0v) is 9.07. The van der Waals surface area contributed by atoms with E-state index in [1.54, 1.807) is 0 Å². The standard InChI is InChI=1S/C10H9F3N2S/c11-10(12,13)8-5-7(3-1-2-4-16)9(14)15-6-8/h5-6,16H,2,4H2,(H2,14,15). The van der Waals surface area contributed by atoms with E-state index < -0.39 is 11.7 Å². The molecule has 2 N–H and O–H groups in total. The van der Waals surface area contributed by atoms with Gasteiger partial charge in [0.05, 0.1) is 11.1 Å². The fraction of sp³-hybridized carbons (Fsp3) is 0.300. The van der Waals surface area contributed by atoms with Crippen LogP contribution in [-0.2, 0) is 6.18 Å². The first-order valence-electron chi connectivity index (χ1n) is 4.37. The molecule has 0 aliphatic carbocycles. The summed E-state index contributed by atoms with van der Waals surface area (Å²) in [6.07, 6.45) is -3.25. The molecule has 16 heavy (non-hydrogen) atoms. The largest absolute Gasteiger partial charge is 0.417 e. The lowest BCUT2D eigenvalue weighted by Crippen LogP contribution is -2.07. The lowest BCUT2D eigenvalue weighted by Gasteiger charge is -2.06. The molecular formula is C10H9F3N2S. The van der Waals surface area contributed by atoms with Gasteiger partial charge in [0, 0.05) is 18.4 Å². The fourth-order valence-electron chi connectivity index (χ4n) is 0.944. The second-order valence-electron chi connectivity index (χ2n) is 2.93. The molecule has 86 valence electrons. The summed E-state index contributed by atoms with van der Waals surface area (Å²) in [5, 5.41) is 0. The van der Waals surface area contributed by atoms with Crippen LogP contribution in [0.2, 0.25) is 0 Å². The van der Waals surface area contributed by atoms with Gasteiger partial charge in [-0.05, 0) is 6.07 Å². The molecule has 0 spiro atoms. The zero-order chi connectivity index (χ0) is 12.2. The van der Waals surface area contributed by atoms with Gasteiger partial charge in [-0.15, -0.1) is 0 Å². The second kappa shape index (κ2) is 5.12. The summed E-state index contributed by atoms with van der Waals surface area (Å²) in [5.74, 6) is 5.74. The van der Waals surface area contributed by atoms with Crippen LogP contribution < -0.4 is 5.73 Å². The lowest BCUT2D eigenvalue weighted by molar-refractivity contribution is -0.137. The van der Waals surface area contributed by atoms with Crippen molar-refractivity contribution < 1.29 is 13.2 Å². The van der Waals surface area contributed by atoms with Gasteiger partial charge in [-0.25, -0.2) is 4.98 Å². The Kier molecular flexibility index (Phi) is 4.07. The maximum atomic E-state index is 12.3. The van der Waals surface area contributed by atoms with Crippen molar-refractivity contribution in [2.45, 2.75) is 12.6 Å². The number of nitrogens with zero attached hydrogens (tertiary/aromatic N) is 1. The van der Waals surface area contributed by atoms with Crippen molar-refractivity contribution >= 4 is 18.4 Å². The molecule has 0 atom stereocenters. The van der Waals surface area contributed by atoms with Gasteiger partial charge in [-0.2, -0.15) is 25.8 Å². The number of pyridine rings is 1. The molecule has 1 heterocycles. The minimum Gasteiger partial charge on any atom is -0.383 e. The summed E-state index contributed by atoms with van der Waals surface area (Å²) in [6.45, 7) is 0. The molecular weight excluding hydrogens is 237 g/mol. The van der Waals surface area contributed by atoms with E-state index in [0.717, 1.165) is 6.07 Å². The van der Waals surface area contributed by atoms with E-state index in [0.29, 0.717) is 18.4 Å². The molecule has 1 aromatic heterocycles. The Morgan fingerprint density at radius 3 is 2.69 bits per heavy atom. The van der Waals surface area contributed by atoms with Crippen molar-refractivity contribution in [3.63, 3.8) is 0 Å². The van der Waals surface area contributed by atoms with Crippen LogP contribution in [0.1, 0.15) is 17.5 Å². The summed E-state index contributed by atoms with van der Waals surface area (Å²) in [5.41, 5.74) is 4.66. The summed E-state index contributed by atoms with van der Waals surface area (Å²) in [4.78, 5) is 3.46. The topological polar surface area (TPSA) is 38.9 Å². The first-order valence-corrected chi connectivity index (χ1v) is 5.01. The normalized spacial score (nSPS) is 10.8. The van der Waals surface area contributed by atoms with E-state index in [1.165, 1.54) is 0 Å². The highest BCUT2D eigenvalue weighted by Gasteiger charge is 2.31. The van der Waals surface area contributed by atoms with E-state index in [2.05, 4.69) is 29.5 Å². The average Bonchev–Trinajstić information content (AvgIpc) is 2.19. The van der Waals surface area contributed by atoms with E-state index in [9.17, 15) is 13.2 Å². The van der Waals surface area contributed by atoms with Gasteiger partial charge >= 0.3 is 6.18 Å². The molecule has 0 aliphatic heterocycles. The van der Waals surface area contributed by atoms with Gasteiger partial charge in [0.2, 0.25) is 0 Å². The Hall–Kier alpha value is -1.35. The van der Waals surface area contributed by atoms with Crippen molar-refractivity contribution in [3.05, 3.63) is 23.4 Å². The first kappa shape index (κ1) is 12.7. The molecule has 1 rings (SSSR count). The van der Waals surface area contributed by atoms with Crippen LogP contribution in [0.3, 0.4) is 0 Å². The number of anilines is 1. The molecule has 0 aliphatic rings. The molecule has 0 fully saturated rings. The highest BCUT2D eigenvalue weighted by Crippen LogP contribution is 2.29. The van der Waals surface area contributed by atoms with Crippen LogP contribution in [-0.4, -0.2) is 10.7 Å². The molecule has 0 aromatic carbocycles.